The van der Waals surface area contributed by atoms with E-state index in [2.05, 4.69) is 5.32 Å². The number of esters is 1. The molecular formula is C21H18N2O4. The van der Waals surface area contributed by atoms with Crippen LogP contribution in [0.2, 0.25) is 0 Å². The van der Waals surface area contributed by atoms with Crippen molar-refractivity contribution in [3.8, 4) is 6.07 Å². The number of hydrogen-bond donors (Lipinski definition) is 1. The molecule has 27 heavy (non-hydrogen) atoms. The fourth-order valence-corrected chi connectivity index (χ4v) is 2.65. The van der Waals surface area contributed by atoms with Crippen molar-refractivity contribution in [1.29, 1.82) is 5.26 Å². The lowest BCUT2D eigenvalue weighted by Crippen LogP contribution is -2.30. The van der Waals surface area contributed by atoms with Gasteiger partial charge in [0, 0.05) is 16.6 Å². The molecule has 2 aromatic carbocycles. The number of hydrogen-bond acceptors (Lipinski definition) is 5. The summed E-state index contributed by atoms with van der Waals surface area (Å²) < 4.78 is 10.7. The van der Waals surface area contributed by atoms with Crippen molar-refractivity contribution in [2.75, 3.05) is 5.32 Å². The van der Waals surface area contributed by atoms with Crippen LogP contribution in [0.1, 0.15) is 23.6 Å². The molecular weight excluding hydrogens is 344 g/mol. The van der Waals surface area contributed by atoms with E-state index in [-0.39, 0.29) is 6.42 Å². The summed E-state index contributed by atoms with van der Waals surface area (Å²) in [6, 6.07) is 14.2. The standard InChI is InChI=1S/C21H18N2O4/c1-13-3-8-18-16(12-26-19(18)9-13)10-20(24)27-14(2)21(25)23-17-6-4-15(11-22)5-7-17/h3-9,12,14H,10H2,1-2H3,(H,23,25)/t14-/m0/s1. The summed E-state index contributed by atoms with van der Waals surface area (Å²) in [4.78, 5) is 24.4. The zero-order valence-corrected chi connectivity index (χ0v) is 15.0. The molecule has 0 aliphatic carbocycles. The number of fused-ring (bicyclic) bond motifs is 1. The molecule has 0 spiro atoms. The molecule has 0 aliphatic rings. The number of nitrogens with zero attached hydrogens (tertiary/aromatic N) is 1. The number of carbonyl (C=O) groups is 2. The van der Waals surface area contributed by atoms with Gasteiger partial charge in [0.15, 0.2) is 6.10 Å². The number of nitriles is 1. The number of furan rings is 1. The molecule has 0 aliphatic heterocycles. The summed E-state index contributed by atoms with van der Waals surface area (Å²) in [5.41, 5.74) is 3.52. The average Bonchev–Trinajstić information content (AvgIpc) is 3.03. The van der Waals surface area contributed by atoms with Gasteiger partial charge in [0.25, 0.3) is 5.91 Å². The van der Waals surface area contributed by atoms with Gasteiger partial charge in [-0.25, -0.2) is 0 Å². The van der Waals surface area contributed by atoms with Gasteiger partial charge in [0.1, 0.15) is 5.58 Å². The first-order valence-corrected chi connectivity index (χ1v) is 8.43. The van der Waals surface area contributed by atoms with Crippen LogP contribution in [0.5, 0.6) is 0 Å². The summed E-state index contributed by atoms with van der Waals surface area (Å²) in [5.74, 6) is -0.957. The number of benzene rings is 2. The second-order valence-corrected chi connectivity index (χ2v) is 6.25. The summed E-state index contributed by atoms with van der Waals surface area (Å²) in [6.07, 6.45) is 0.603. The van der Waals surface area contributed by atoms with Crippen molar-refractivity contribution in [2.45, 2.75) is 26.4 Å². The summed E-state index contributed by atoms with van der Waals surface area (Å²) in [6.45, 7) is 3.47. The highest BCUT2D eigenvalue weighted by atomic mass is 16.5. The molecule has 6 nitrogen and oxygen atoms in total. The number of nitrogens with one attached hydrogen (secondary N) is 1. The highest BCUT2D eigenvalue weighted by Crippen LogP contribution is 2.23. The van der Waals surface area contributed by atoms with E-state index >= 15 is 0 Å². The Morgan fingerprint density at radius 1 is 1.22 bits per heavy atom. The zero-order valence-electron chi connectivity index (χ0n) is 15.0. The molecule has 3 rings (SSSR count). The normalized spacial score (nSPS) is 11.6. The molecule has 0 unspecified atom stereocenters. The van der Waals surface area contributed by atoms with Gasteiger partial charge in [-0.05, 0) is 49.7 Å². The molecule has 1 amide bonds. The van der Waals surface area contributed by atoms with Crippen molar-refractivity contribution in [2.24, 2.45) is 0 Å². The fraction of sp³-hybridized carbons (Fsp3) is 0.190. The van der Waals surface area contributed by atoms with Crippen LogP contribution in [-0.4, -0.2) is 18.0 Å². The number of ether oxygens (including phenoxy) is 1. The second kappa shape index (κ2) is 7.75. The topological polar surface area (TPSA) is 92.3 Å². The van der Waals surface area contributed by atoms with Crippen LogP contribution in [0.3, 0.4) is 0 Å². The third kappa shape index (κ3) is 4.33. The lowest BCUT2D eigenvalue weighted by molar-refractivity contribution is -0.152. The zero-order chi connectivity index (χ0) is 19.4. The largest absolute Gasteiger partial charge is 0.464 e. The molecule has 1 atom stereocenters. The molecule has 1 heterocycles. The van der Waals surface area contributed by atoms with Crippen LogP contribution >= 0.6 is 0 Å². The van der Waals surface area contributed by atoms with E-state index in [0.29, 0.717) is 16.8 Å². The first-order valence-electron chi connectivity index (χ1n) is 8.43. The Morgan fingerprint density at radius 3 is 2.67 bits per heavy atom. The Balaban J connectivity index is 1.59. The van der Waals surface area contributed by atoms with Gasteiger partial charge in [-0.2, -0.15) is 5.26 Å². The van der Waals surface area contributed by atoms with Crippen LogP contribution in [-0.2, 0) is 20.7 Å². The van der Waals surface area contributed by atoms with Crippen LogP contribution < -0.4 is 5.32 Å². The lowest BCUT2D eigenvalue weighted by atomic mass is 10.1. The van der Waals surface area contributed by atoms with E-state index in [9.17, 15) is 9.59 Å². The first kappa shape index (κ1) is 18.2. The van der Waals surface area contributed by atoms with Gasteiger partial charge in [0.2, 0.25) is 0 Å². The maximum atomic E-state index is 12.2. The molecule has 0 radical (unpaired) electrons. The smallest absolute Gasteiger partial charge is 0.311 e. The van der Waals surface area contributed by atoms with E-state index in [1.54, 1.807) is 24.3 Å². The summed E-state index contributed by atoms with van der Waals surface area (Å²) in [7, 11) is 0. The number of rotatable bonds is 5. The van der Waals surface area contributed by atoms with Gasteiger partial charge in [-0.3, -0.25) is 9.59 Å². The number of carbonyl (C=O) groups excluding carboxylic acids is 2. The first-order chi connectivity index (χ1) is 13.0. The van der Waals surface area contributed by atoms with Crippen molar-refractivity contribution in [3.05, 3.63) is 65.4 Å². The molecule has 0 saturated heterocycles. The van der Waals surface area contributed by atoms with Gasteiger partial charge >= 0.3 is 5.97 Å². The van der Waals surface area contributed by atoms with Crippen LogP contribution in [0.4, 0.5) is 5.69 Å². The van der Waals surface area contributed by atoms with Crippen LogP contribution in [0.15, 0.2) is 53.1 Å². The fourth-order valence-electron chi connectivity index (χ4n) is 2.65. The van der Waals surface area contributed by atoms with Crippen molar-refractivity contribution < 1.29 is 18.7 Å². The van der Waals surface area contributed by atoms with Gasteiger partial charge in [-0.1, -0.05) is 12.1 Å². The predicted molar refractivity (Wildman–Crippen MR) is 100.0 cm³/mol. The average molecular weight is 362 g/mol. The van der Waals surface area contributed by atoms with Crippen molar-refractivity contribution in [1.82, 2.24) is 0 Å². The maximum Gasteiger partial charge on any atom is 0.311 e. The Kier molecular flexibility index (Phi) is 5.23. The Labute approximate surface area is 156 Å². The van der Waals surface area contributed by atoms with Gasteiger partial charge in [-0.15, -0.1) is 0 Å². The molecule has 1 N–H and O–H groups in total. The van der Waals surface area contributed by atoms with E-state index in [1.807, 2.05) is 31.2 Å². The van der Waals surface area contributed by atoms with E-state index < -0.39 is 18.0 Å². The van der Waals surface area contributed by atoms with E-state index in [4.69, 9.17) is 14.4 Å². The second-order valence-electron chi connectivity index (χ2n) is 6.25. The minimum Gasteiger partial charge on any atom is -0.464 e. The van der Waals surface area contributed by atoms with Crippen LogP contribution in [0.25, 0.3) is 11.0 Å². The minimum atomic E-state index is -0.950. The Bertz CT molecular complexity index is 1030. The van der Waals surface area contributed by atoms with Crippen LogP contribution in [0, 0.1) is 18.3 Å². The molecule has 136 valence electrons. The highest BCUT2D eigenvalue weighted by molar-refractivity contribution is 5.95. The SMILES string of the molecule is Cc1ccc2c(CC(=O)O[C@@H](C)C(=O)Nc3ccc(C#N)cc3)coc2c1. The Morgan fingerprint density at radius 2 is 1.96 bits per heavy atom. The molecule has 0 saturated carbocycles. The van der Waals surface area contributed by atoms with Gasteiger partial charge in [0.05, 0.1) is 24.3 Å². The highest BCUT2D eigenvalue weighted by Gasteiger charge is 2.19. The quantitative estimate of drug-likeness (QED) is 0.698. The number of anilines is 1. The maximum absolute atomic E-state index is 12.2. The summed E-state index contributed by atoms with van der Waals surface area (Å²) >= 11 is 0. The Hall–Kier alpha value is -3.59. The van der Waals surface area contributed by atoms with Crippen molar-refractivity contribution >= 4 is 28.5 Å². The summed E-state index contributed by atoms with van der Waals surface area (Å²) in [5, 5.41) is 12.3. The molecule has 6 heteroatoms. The molecule has 3 aromatic rings. The molecule has 1 aromatic heterocycles. The third-order valence-corrected chi connectivity index (χ3v) is 4.10. The predicted octanol–water partition coefficient (Wildman–Crippen LogP) is 3.73. The third-order valence-electron chi connectivity index (χ3n) is 4.10. The van der Waals surface area contributed by atoms with Gasteiger partial charge < -0.3 is 14.5 Å². The minimum absolute atomic E-state index is 0.0184. The molecule has 0 fully saturated rings. The monoisotopic (exact) mass is 362 g/mol. The lowest BCUT2D eigenvalue weighted by Gasteiger charge is -2.13. The van der Waals surface area contributed by atoms with E-state index in [0.717, 1.165) is 16.5 Å². The van der Waals surface area contributed by atoms with E-state index in [1.165, 1.54) is 13.2 Å². The number of amides is 1. The molecule has 0 bridgehead atoms. The number of aryl methyl sites for hydroxylation is 1. The van der Waals surface area contributed by atoms with Crippen molar-refractivity contribution in [3.63, 3.8) is 0 Å².